The third kappa shape index (κ3) is 7.44. The zero-order chi connectivity index (χ0) is 44.5. The number of rotatable bonds is 9. The van der Waals surface area contributed by atoms with E-state index in [1.54, 1.807) is 0 Å². The number of hydrogen-bond acceptors (Lipinski definition) is 4. The molecule has 0 aliphatic carbocycles. The van der Waals surface area contributed by atoms with Gasteiger partial charge in [0.05, 0.1) is 11.2 Å². The molecule has 0 radical (unpaired) electrons. The normalized spacial score (nSPS) is 11.3. The van der Waals surface area contributed by atoms with Gasteiger partial charge in [-0.15, -0.1) is 0 Å². The summed E-state index contributed by atoms with van der Waals surface area (Å²) in [6, 6.07) is 86.9. The third-order valence-corrected chi connectivity index (χ3v) is 12.4. The van der Waals surface area contributed by atoms with Gasteiger partial charge in [0, 0.05) is 44.3 Å². The minimum Gasteiger partial charge on any atom is -0.231 e. The van der Waals surface area contributed by atoms with Crippen LogP contribution in [-0.4, -0.2) is 24.6 Å². The van der Waals surface area contributed by atoms with Gasteiger partial charge in [0.15, 0.2) is 17.5 Å². The fourth-order valence-electron chi connectivity index (χ4n) is 9.29. The van der Waals surface area contributed by atoms with Gasteiger partial charge in [-0.2, -0.15) is 5.10 Å². The van der Waals surface area contributed by atoms with E-state index in [-0.39, 0.29) is 0 Å². The average molecular weight is 856 g/mol. The van der Waals surface area contributed by atoms with Crippen LogP contribution in [0.2, 0.25) is 0 Å². The molecule has 0 fully saturated rings. The van der Waals surface area contributed by atoms with Crippen LogP contribution in [0.1, 0.15) is 0 Å². The Morgan fingerprint density at radius 2 is 0.612 bits per heavy atom. The Bertz CT molecular complexity index is 3630. The predicted octanol–water partition coefficient (Wildman–Crippen LogP) is 15.7. The second-order valence-electron chi connectivity index (χ2n) is 16.6. The van der Waals surface area contributed by atoms with Crippen molar-refractivity contribution in [1.82, 2.24) is 24.6 Å². The SMILES string of the molecule is c1ccc(-c2cc(-c3ccccc3)cc(-c3nc(-c4ccccc4)nc(-c4ccc(-c5c(-c6ccccc6)n6nc(-c7ccccc7)c(-c7ccccc7)c6c6ccccc56)cc4)n3)c2)cc1. The molecule has 0 atom stereocenters. The molecule has 0 bridgehead atoms. The highest BCUT2D eigenvalue weighted by atomic mass is 15.2. The molecule has 0 N–H and O–H groups in total. The maximum Gasteiger partial charge on any atom is 0.164 e. The van der Waals surface area contributed by atoms with Crippen LogP contribution in [0.5, 0.6) is 0 Å². The van der Waals surface area contributed by atoms with E-state index >= 15 is 0 Å². The van der Waals surface area contributed by atoms with Gasteiger partial charge < -0.3 is 0 Å². The molecule has 5 heteroatoms. The Morgan fingerprint density at radius 1 is 0.254 bits per heavy atom. The number of fused-ring (bicyclic) bond motifs is 3. The van der Waals surface area contributed by atoms with E-state index in [9.17, 15) is 0 Å². The highest BCUT2D eigenvalue weighted by Gasteiger charge is 2.25. The number of pyridine rings is 1. The summed E-state index contributed by atoms with van der Waals surface area (Å²) in [5, 5.41) is 7.82. The monoisotopic (exact) mass is 855 g/mol. The van der Waals surface area contributed by atoms with Crippen LogP contribution in [0.3, 0.4) is 0 Å². The first-order valence-electron chi connectivity index (χ1n) is 22.6. The van der Waals surface area contributed by atoms with E-state index in [4.69, 9.17) is 20.1 Å². The van der Waals surface area contributed by atoms with Crippen molar-refractivity contribution in [3.63, 3.8) is 0 Å². The van der Waals surface area contributed by atoms with Crippen molar-refractivity contribution in [2.75, 3.05) is 0 Å². The lowest BCUT2D eigenvalue weighted by Gasteiger charge is -2.18. The van der Waals surface area contributed by atoms with Crippen molar-refractivity contribution in [2.45, 2.75) is 0 Å². The van der Waals surface area contributed by atoms with Crippen molar-refractivity contribution in [2.24, 2.45) is 0 Å². The predicted molar refractivity (Wildman–Crippen MR) is 275 cm³/mol. The second kappa shape index (κ2) is 17.1. The summed E-state index contributed by atoms with van der Waals surface area (Å²) in [5.41, 5.74) is 16.7. The summed E-state index contributed by atoms with van der Waals surface area (Å²) in [6.45, 7) is 0. The molecule has 0 saturated carbocycles. The lowest BCUT2D eigenvalue weighted by atomic mass is 9.91. The lowest BCUT2D eigenvalue weighted by Crippen LogP contribution is -2.01. The molecular formula is C62H41N5. The molecule has 0 spiro atoms. The summed E-state index contributed by atoms with van der Waals surface area (Å²) in [7, 11) is 0. The molecule has 5 nitrogen and oxygen atoms in total. The molecule has 12 aromatic rings. The van der Waals surface area contributed by atoms with Crippen LogP contribution in [0.25, 0.3) is 117 Å². The van der Waals surface area contributed by atoms with Gasteiger partial charge in [0.25, 0.3) is 0 Å². The lowest BCUT2D eigenvalue weighted by molar-refractivity contribution is 0.981. The smallest absolute Gasteiger partial charge is 0.164 e. The number of benzene rings is 9. The zero-order valence-electron chi connectivity index (χ0n) is 36.4. The van der Waals surface area contributed by atoms with E-state index in [1.807, 2.05) is 30.3 Å². The van der Waals surface area contributed by atoms with Gasteiger partial charge in [-0.25, -0.2) is 19.5 Å². The van der Waals surface area contributed by atoms with Crippen LogP contribution in [0, 0.1) is 0 Å². The fourth-order valence-corrected chi connectivity index (χ4v) is 9.29. The molecule has 0 amide bonds. The van der Waals surface area contributed by atoms with Gasteiger partial charge >= 0.3 is 0 Å². The quantitative estimate of drug-likeness (QED) is 0.145. The summed E-state index contributed by atoms with van der Waals surface area (Å²) in [4.78, 5) is 15.6. The molecule has 0 aliphatic heterocycles. The van der Waals surface area contributed by atoms with Gasteiger partial charge in [-0.1, -0.05) is 231 Å². The summed E-state index contributed by atoms with van der Waals surface area (Å²) < 4.78 is 2.18. The van der Waals surface area contributed by atoms with Crippen LogP contribution in [0.15, 0.2) is 249 Å². The van der Waals surface area contributed by atoms with Crippen molar-refractivity contribution in [3.8, 4) is 101 Å². The Kier molecular flexibility index (Phi) is 10.1. The maximum atomic E-state index is 5.55. The van der Waals surface area contributed by atoms with Crippen LogP contribution >= 0.6 is 0 Å². The fraction of sp³-hybridized carbons (Fsp3) is 0. The summed E-state index contributed by atoms with van der Waals surface area (Å²) >= 11 is 0. The summed E-state index contributed by atoms with van der Waals surface area (Å²) in [6.07, 6.45) is 0. The first kappa shape index (κ1) is 39.5. The van der Waals surface area contributed by atoms with Gasteiger partial charge in [0.2, 0.25) is 0 Å². The second-order valence-corrected chi connectivity index (χ2v) is 16.6. The molecule has 67 heavy (non-hydrogen) atoms. The standard InChI is InChI=1S/C62H41N5/c1-7-21-42(22-8-1)50-39-51(43-23-9-2-10-24-43)41-52(40-50)62-64-60(48-31-17-6-18-32-48)63-61(65-62)49-37-35-45(36-38-49)55-53-33-19-20-34-54(53)59-56(44-25-11-3-12-26-44)57(46-27-13-4-14-28-46)66-67(59)58(55)47-29-15-5-16-30-47/h1-41H. The van der Waals surface area contributed by atoms with Crippen molar-refractivity contribution in [1.29, 1.82) is 0 Å². The topological polar surface area (TPSA) is 56.0 Å². The first-order chi connectivity index (χ1) is 33.2. The molecular weight excluding hydrogens is 815 g/mol. The number of hydrogen-bond donors (Lipinski definition) is 0. The number of nitrogens with zero attached hydrogens (tertiary/aromatic N) is 5. The van der Waals surface area contributed by atoms with Crippen molar-refractivity contribution in [3.05, 3.63) is 249 Å². The Labute approximate surface area is 389 Å². The molecule has 3 aromatic heterocycles. The Morgan fingerprint density at radius 3 is 1.13 bits per heavy atom. The van der Waals surface area contributed by atoms with Crippen molar-refractivity contribution >= 4 is 16.3 Å². The third-order valence-electron chi connectivity index (χ3n) is 12.4. The number of aromatic nitrogens is 5. The minimum atomic E-state index is 0.595. The molecule has 12 rings (SSSR count). The Balaban J connectivity index is 1.06. The van der Waals surface area contributed by atoms with Gasteiger partial charge in [-0.3, -0.25) is 0 Å². The molecule has 314 valence electrons. The average Bonchev–Trinajstić information content (AvgIpc) is 3.83. The largest absolute Gasteiger partial charge is 0.231 e. The molecule has 0 aliphatic rings. The van der Waals surface area contributed by atoms with Crippen molar-refractivity contribution < 1.29 is 0 Å². The maximum absolute atomic E-state index is 5.55. The molecule has 3 heterocycles. The zero-order valence-corrected chi connectivity index (χ0v) is 36.4. The van der Waals surface area contributed by atoms with Crippen LogP contribution in [0.4, 0.5) is 0 Å². The van der Waals surface area contributed by atoms with E-state index < -0.39 is 0 Å². The molecule has 0 unspecified atom stereocenters. The highest BCUT2D eigenvalue weighted by molar-refractivity contribution is 6.15. The molecule has 0 saturated heterocycles. The summed E-state index contributed by atoms with van der Waals surface area (Å²) in [5.74, 6) is 1.81. The van der Waals surface area contributed by atoms with E-state index in [0.717, 1.165) is 100 Å². The van der Waals surface area contributed by atoms with Crippen LogP contribution < -0.4 is 0 Å². The first-order valence-corrected chi connectivity index (χ1v) is 22.6. The van der Waals surface area contributed by atoms with Gasteiger partial charge in [-0.05, 0) is 57.0 Å². The Hall–Kier alpha value is -9.06. The van der Waals surface area contributed by atoms with E-state index in [0.29, 0.717) is 17.5 Å². The highest BCUT2D eigenvalue weighted by Crippen LogP contribution is 2.46. The van der Waals surface area contributed by atoms with Gasteiger partial charge in [0.1, 0.15) is 5.69 Å². The minimum absolute atomic E-state index is 0.595. The van der Waals surface area contributed by atoms with E-state index in [2.05, 4.69) is 223 Å². The molecule has 9 aromatic carbocycles. The van der Waals surface area contributed by atoms with Crippen LogP contribution in [-0.2, 0) is 0 Å². The van der Waals surface area contributed by atoms with E-state index in [1.165, 1.54) is 0 Å².